The highest BCUT2D eigenvalue weighted by atomic mass is 32.2. The van der Waals surface area contributed by atoms with Crippen LogP contribution in [0, 0.1) is 6.92 Å². The molecular formula is C12H10N2O2S. The van der Waals surface area contributed by atoms with Crippen LogP contribution in [0.3, 0.4) is 0 Å². The predicted molar refractivity (Wildman–Crippen MR) is 64.3 cm³/mol. The number of benzene rings is 1. The van der Waals surface area contributed by atoms with Crippen molar-refractivity contribution in [2.45, 2.75) is 16.7 Å². The maximum Gasteiger partial charge on any atom is 0.355 e. The van der Waals surface area contributed by atoms with E-state index in [1.54, 1.807) is 0 Å². The van der Waals surface area contributed by atoms with E-state index >= 15 is 0 Å². The first-order valence-electron chi connectivity index (χ1n) is 4.94. The van der Waals surface area contributed by atoms with E-state index in [2.05, 4.69) is 9.97 Å². The summed E-state index contributed by atoms with van der Waals surface area (Å²) in [6.45, 7) is 1.99. The minimum absolute atomic E-state index is 0.0338. The van der Waals surface area contributed by atoms with Crippen LogP contribution < -0.4 is 0 Å². The van der Waals surface area contributed by atoms with E-state index in [9.17, 15) is 4.79 Å². The lowest BCUT2D eigenvalue weighted by Crippen LogP contribution is -2.02. The Labute approximate surface area is 103 Å². The lowest BCUT2D eigenvalue weighted by molar-refractivity contribution is 0.0686. The molecule has 0 aliphatic rings. The van der Waals surface area contributed by atoms with Crippen molar-refractivity contribution in [3.63, 3.8) is 0 Å². The van der Waals surface area contributed by atoms with Crippen LogP contribution in [0.5, 0.6) is 0 Å². The van der Waals surface area contributed by atoms with Gasteiger partial charge in [0.2, 0.25) is 0 Å². The molecule has 0 unspecified atom stereocenters. The Morgan fingerprint density at radius 1 is 1.41 bits per heavy atom. The van der Waals surface area contributed by atoms with Gasteiger partial charge in [-0.1, -0.05) is 29.5 Å². The van der Waals surface area contributed by atoms with Crippen molar-refractivity contribution in [2.75, 3.05) is 0 Å². The van der Waals surface area contributed by atoms with Crippen LogP contribution in [0.25, 0.3) is 0 Å². The number of carboxylic acid groups (broad SMARTS) is 1. The minimum atomic E-state index is -1.04. The third kappa shape index (κ3) is 2.82. The number of hydrogen-bond donors (Lipinski definition) is 1. The van der Waals surface area contributed by atoms with Gasteiger partial charge < -0.3 is 5.11 Å². The Morgan fingerprint density at radius 2 is 2.24 bits per heavy atom. The Bertz CT molecular complexity index is 558. The maximum atomic E-state index is 11.0. The molecule has 0 saturated carbocycles. The molecule has 0 spiro atoms. The SMILES string of the molecule is Cc1cccc(Sc2cncnc2C(=O)O)c1. The molecule has 5 heteroatoms. The van der Waals surface area contributed by atoms with Gasteiger partial charge >= 0.3 is 5.97 Å². The summed E-state index contributed by atoms with van der Waals surface area (Å²) in [7, 11) is 0. The number of nitrogens with zero attached hydrogens (tertiary/aromatic N) is 2. The molecule has 0 radical (unpaired) electrons. The summed E-state index contributed by atoms with van der Waals surface area (Å²) in [6, 6.07) is 7.84. The fourth-order valence-electron chi connectivity index (χ4n) is 1.36. The van der Waals surface area contributed by atoms with Gasteiger partial charge in [0.15, 0.2) is 5.69 Å². The van der Waals surface area contributed by atoms with Crippen LogP contribution in [-0.2, 0) is 0 Å². The number of carbonyl (C=O) groups is 1. The van der Waals surface area contributed by atoms with Gasteiger partial charge in [-0.15, -0.1) is 0 Å². The summed E-state index contributed by atoms with van der Waals surface area (Å²) in [5.41, 5.74) is 1.16. The molecule has 0 aliphatic carbocycles. The van der Waals surface area contributed by atoms with Crippen LogP contribution >= 0.6 is 11.8 Å². The molecule has 4 nitrogen and oxygen atoms in total. The zero-order valence-corrected chi connectivity index (χ0v) is 9.94. The number of carboxylic acids is 1. The van der Waals surface area contributed by atoms with E-state index in [-0.39, 0.29) is 5.69 Å². The van der Waals surface area contributed by atoms with Gasteiger partial charge in [-0.25, -0.2) is 14.8 Å². The molecular weight excluding hydrogens is 236 g/mol. The first-order valence-corrected chi connectivity index (χ1v) is 5.76. The van der Waals surface area contributed by atoms with Crippen LogP contribution in [0.4, 0.5) is 0 Å². The maximum absolute atomic E-state index is 11.0. The third-order valence-electron chi connectivity index (χ3n) is 2.10. The number of rotatable bonds is 3. The van der Waals surface area contributed by atoms with Crippen LogP contribution in [0.2, 0.25) is 0 Å². The smallest absolute Gasteiger partial charge is 0.355 e. The fraction of sp³-hybridized carbons (Fsp3) is 0.0833. The Balaban J connectivity index is 2.33. The summed E-state index contributed by atoms with van der Waals surface area (Å²) < 4.78 is 0. The molecule has 0 amide bonds. The van der Waals surface area contributed by atoms with E-state index < -0.39 is 5.97 Å². The third-order valence-corrected chi connectivity index (χ3v) is 3.11. The van der Waals surface area contributed by atoms with Gasteiger partial charge in [0.25, 0.3) is 0 Å². The highest BCUT2D eigenvalue weighted by Gasteiger charge is 2.12. The van der Waals surface area contributed by atoms with E-state index in [1.165, 1.54) is 24.3 Å². The van der Waals surface area contributed by atoms with Crippen LogP contribution in [0.15, 0.2) is 46.6 Å². The first kappa shape index (κ1) is 11.6. The van der Waals surface area contributed by atoms with E-state index in [0.717, 1.165) is 10.5 Å². The van der Waals surface area contributed by atoms with Crippen molar-refractivity contribution in [2.24, 2.45) is 0 Å². The average molecular weight is 246 g/mol. The molecule has 86 valence electrons. The van der Waals surface area contributed by atoms with Crippen molar-refractivity contribution in [3.05, 3.63) is 48.0 Å². The van der Waals surface area contributed by atoms with E-state index in [4.69, 9.17) is 5.11 Å². The Hall–Kier alpha value is -1.88. The molecule has 0 saturated heterocycles. The summed E-state index contributed by atoms with van der Waals surface area (Å²) >= 11 is 1.35. The van der Waals surface area contributed by atoms with Crippen LogP contribution in [-0.4, -0.2) is 21.0 Å². The van der Waals surface area contributed by atoms with Gasteiger partial charge in [-0.3, -0.25) is 0 Å². The van der Waals surface area contributed by atoms with Gasteiger partial charge in [0.05, 0.1) is 4.90 Å². The average Bonchev–Trinajstić information content (AvgIpc) is 2.29. The molecule has 0 atom stereocenters. The monoisotopic (exact) mass is 246 g/mol. The second-order valence-corrected chi connectivity index (χ2v) is 4.57. The number of hydrogen-bond acceptors (Lipinski definition) is 4. The van der Waals surface area contributed by atoms with Gasteiger partial charge in [-0.05, 0) is 19.1 Å². The molecule has 1 aromatic heterocycles. The van der Waals surface area contributed by atoms with Crippen molar-refractivity contribution >= 4 is 17.7 Å². The van der Waals surface area contributed by atoms with Gasteiger partial charge in [0, 0.05) is 11.1 Å². The van der Waals surface area contributed by atoms with Crippen molar-refractivity contribution in [1.29, 1.82) is 0 Å². The lowest BCUT2D eigenvalue weighted by atomic mass is 10.2. The molecule has 0 bridgehead atoms. The van der Waals surface area contributed by atoms with Crippen molar-refractivity contribution < 1.29 is 9.90 Å². The molecule has 1 aromatic carbocycles. The zero-order chi connectivity index (χ0) is 12.3. The summed E-state index contributed by atoms with van der Waals surface area (Å²) in [6.07, 6.45) is 2.76. The van der Waals surface area contributed by atoms with Gasteiger partial charge in [0.1, 0.15) is 6.33 Å². The normalized spacial score (nSPS) is 10.2. The first-order chi connectivity index (χ1) is 8.16. The quantitative estimate of drug-likeness (QED) is 0.902. The lowest BCUT2D eigenvalue weighted by Gasteiger charge is -2.04. The molecule has 17 heavy (non-hydrogen) atoms. The summed E-state index contributed by atoms with van der Waals surface area (Å²) in [5.74, 6) is -1.04. The molecule has 1 heterocycles. The molecule has 0 aliphatic heterocycles. The largest absolute Gasteiger partial charge is 0.476 e. The molecule has 2 rings (SSSR count). The molecule has 0 fully saturated rings. The second kappa shape index (κ2) is 4.97. The van der Waals surface area contributed by atoms with E-state index in [0.29, 0.717) is 4.90 Å². The fourth-order valence-corrected chi connectivity index (χ4v) is 2.35. The second-order valence-electron chi connectivity index (χ2n) is 3.46. The Kier molecular flexibility index (Phi) is 3.39. The predicted octanol–water partition coefficient (Wildman–Crippen LogP) is 2.63. The van der Waals surface area contributed by atoms with Gasteiger partial charge in [-0.2, -0.15) is 0 Å². The van der Waals surface area contributed by atoms with Crippen molar-refractivity contribution in [3.8, 4) is 0 Å². The standard InChI is InChI=1S/C12H10N2O2S/c1-8-3-2-4-9(5-8)17-10-6-13-7-14-11(10)12(15)16/h2-7H,1H3,(H,15,16). The Morgan fingerprint density at radius 3 is 2.94 bits per heavy atom. The topological polar surface area (TPSA) is 63.1 Å². The summed E-state index contributed by atoms with van der Waals surface area (Å²) in [4.78, 5) is 20.1. The highest BCUT2D eigenvalue weighted by Crippen LogP contribution is 2.29. The number of aromatic nitrogens is 2. The zero-order valence-electron chi connectivity index (χ0n) is 9.12. The van der Waals surface area contributed by atoms with Crippen LogP contribution in [0.1, 0.15) is 16.1 Å². The minimum Gasteiger partial charge on any atom is -0.476 e. The molecule has 1 N–H and O–H groups in total. The number of aromatic carboxylic acids is 1. The van der Waals surface area contributed by atoms with E-state index in [1.807, 2.05) is 31.2 Å². The molecule has 2 aromatic rings. The highest BCUT2D eigenvalue weighted by molar-refractivity contribution is 7.99. The number of aryl methyl sites for hydroxylation is 1. The van der Waals surface area contributed by atoms with Crippen molar-refractivity contribution in [1.82, 2.24) is 9.97 Å². The summed E-state index contributed by atoms with van der Waals surface area (Å²) in [5, 5.41) is 8.99.